The minimum absolute atomic E-state index is 0.103. The third-order valence-electron chi connectivity index (χ3n) is 4.79. The average molecular weight is 646 g/mol. The lowest BCUT2D eigenvalue weighted by Crippen LogP contribution is -2.18. The Kier molecular flexibility index (Phi) is 21.9. The quantitative estimate of drug-likeness (QED) is 0.131. The smallest absolute Gasteiger partial charge is 0.316 e. The lowest BCUT2D eigenvalue weighted by atomic mass is 10.1. The van der Waals surface area contributed by atoms with E-state index in [1.165, 1.54) is 0 Å². The predicted molar refractivity (Wildman–Crippen MR) is 160 cm³/mol. The zero-order chi connectivity index (χ0) is 31.0. The lowest BCUT2D eigenvalue weighted by Gasteiger charge is -2.18. The second-order valence-electron chi connectivity index (χ2n) is 7.82. The Hall–Kier alpha value is -3.02. The van der Waals surface area contributed by atoms with Gasteiger partial charge >= 0.3 is 11.9 Å². The molecule has 41 heavy (non-hydrogen) atoms. The maximum Gasteiger partial charge on any atom is 0.316 e. The summed E-state index contributed by atoms with van der Waals surface area (Å²) in [5.74, 6) is 2.18. The molecular weight excluding hydrogens is 600 g/mol. The molecule has 0 aliphatic rings. The van der Waals surface area contributed by atoms with Gasteiger partial charge in [0.25, 0.3) is 0 Å². The molecule has 2 unspecified atom stereocenters. The molecule has 0 radical (unpaired) electrons. The highest BCUT2D eigenvalue weighted by Gasteiger charge is 2.17. The minimum Gasteiger partial charge on any atom is -0.497 e. The molecule has 11 heteroatoms. The Morgan fingerprint density at radius 3 is 1.76 bits per heavy atom. The van der Waals surface area contributed by atoms with E-state index in [0.717, 1.165) is 11.5 Å². The van der Waals surface area contributed by atoms with Gasteiger partial charge in [0.2, 0.25) is 0 Å². The third-order valence-corrected chi connectivity index (χ3v) is 5.25. The van der Waals surface area contributed by atoms with Gasteiger partial charge in [-0.15, -0.1) is 0 Å². The van der Waals surface area contributed by atoms with Crippen LogP contribution in [0.2, 0.25) is 0 Å². The van der Waals surface area contributed by atoms with E-state index in [1.807, 2.05) is 51.1 Å². The molecule has 10 nitrogen and oxygen atoms in total. The van der Waals surface area contributed by atoms with Gasteiger partial charge in [-0.05, 0) is 65.8 Å². The van der Waals surface area contributed by atoms with Crippen LogP contribution in [0.3, 0.4) is 0 Å². The van der Waals surface area contributed by atoms with Crippen LogP contribution < -0.4 is 18.9 Å². The molecule has 232 valence electrons. The Balaban J connectivity index is 0.000000659. The fourth-order valence-electron chi connectivity index (χ4n) is 3.16. The van der Waals surface area contributed by atoms with Crippen LogP contribution in [0.25, 0.3) is 0 Å². The van der Waals surface area contributed by atoms with Crippen LogP contribution in [0, 0.1) is 0 Å². The molecule has 0 bridgehead atoms. The zero-order valence-corrected chi connectivity index (χ0v) is 27.0. The maximum atomic E-state index is 11.7. The standard InChI is InChI=1S/C15H22O5.C11H16O3.C4H7BrO2/c1-5-18-11(3)20-14-9-7-8-13(17-4)12(14)10-15(16)19-6-2;1-4-13-9(2)14-11-7-5-6-10(8-11)12-3;1-2-7-4(6)3-5/h7-9,11H,5-6,10H2,1-4H3;5-9H,4H2,1-3H3;2-3H2,1H3. The van der Waals surface area contributed by atoms with E-state index in [4.69, 9.17) is 33.2 Å². The average Bonchev–Trinajstić information content (AvgIpc) is 2.95. The predicted octanol–water partition coefficient (Wildman–Crippen LogP) is 5.96. The summed E-state index contributed by atoms with van der Waals surface area (Å²) in [5, 5.41) is 0.292. The van der Waals surface area contributed by atoms with Crippen molar-refractivity contribution in [2.24, 2.45) is 0 Å². The van der Waals surface area contributed by atoms with Crippen molar-refractivity contribution < 1.29 is 47.5 Å². The Bertz CT molecular complexity index is 985. The summed E-state index contributed by atoms with van der Waals surface area (Å²) in [5.41, 5.74) is 0.667. The van der Waals surface area contributed by atoms with Crippen molar-refractivity contribution in [2.75, 3.05) is 46.0 Å². The van der Waals surface area contributed by atoms with Crippen molar-refractivity contribution in [2.45, 2.75) is 60.5 Å². The zero-order valence-electron chi connectivity index (χ0n) is 25.4. The summed E-state index contributed by atoms with van der Waals surface area (Å²) in [6.07, 6.45) is -0.522. The van der Waals surface area contributed by atoms with Crippen molar-refractivity contribution >= 4 is 27.9 Å². The monoisotopic (exact) mass is 644 g/mol. The first-order valence-electron chi connectivity index (χ1n) is 13.4. The van der Waals surface area contributed by atoms with Crippen molar-refractivity contribution in [3.05, 3.63) is 48.0 Å². The van der Waals surface area contributed by atoms with Crippen LogP contribution in [0.1, 0.15) is 47.1 Å². The second-order valence-corrected chi connectivity index (χ2v) is 8.38. The Labute approximate surface area is 252 Å². The van der Waals surface area contributed by atoms with Gasteiger partial charge in [-0.2, -0.15) is 0 Å². The molecule has 0 fully saturated rings. The summed E-state index contributed by atoms with van der Waals surface area (Å²) in [6.45, 7) is 13.1. The van der Waals surface area contributed by atoms with Gasteiger partial charge < -0.3 is 37.9 Å². The van der Waals surface area contributed by atoms with Crippen LogP contribution in [-0.2, 0) is 35.0 Å². The molecule has 2 rings (SSSR count). The van der Waals surface area contributed by atoms with Crippen LogP contribution in [-0.4, -0.2) is 70.5 Å². The number of hydrogen-bond donors (Lipinski definition) is 0. The molecule has 0 spiro atoms. The number of alkyl halides is 1. The first kappa shape index (κ1) is 38.0. The molecule has 0 aromatic heterocycles. The first-order chi connectivity index (χ1) is 19.7. The van der Waals surface area contributed by atoms with Gasteiger partial charge in [0.1, 0.15) is 28.3 Å². The summed E-state index contributed by atoms with van der Waals surface area (Å²) in [4.78, 5) is 21.8. The number of hydrogen-bond acceptors (Lipinski definition) is 10. The van der Waals surface area contributed by atoms with E-state index in [2.05, 4.69) is 20.7 Å². The highest BCUT2D eigenvalue weighted by molar-refractivity contribution is 9.09. The topological polar surface area (TPSA) is 108 Å². The minimum atomic E-state index is -0.395. The van der Waals surface area contributed by atoms with E-state index in [1.54, 1.807) is 47.1 Å². The molecule has 2 aromatic rings. The Morgan fingerprint density at radius 2 is 1.24 bits per heavy atom. The molecule has 0 amide bonds. The van der Waals surface area contributed by atoms with E-state index >= 15 is 0 Å². The van der Waals surface area contributed by atoms with Gasteiger partial charge in [0, 0.05) is 24.8 Å². The van der Waals surface area contributed by atoms with Crippen molar-refractivity contribution in [1.82, 2.24) is 0 Å². The van der Waals surface area contributed by atoms with E-state index < -0.39 is 6.29 Å². The normalized spacial score (nSPS) is 11.3. The molecule has 0 aliphatic heterocycles. The van der Waals surface area contributed by atoms with Crippen LogP contribution in [0.15, 0.2) is 42.5 Å². The number of rotatable bonds is 15. The van der Waals surface area contributed by atoms with Gasteiger partial charge in [0.05, 0.1) is 33.9 Å². The number of benzene rings is 2. The van der Waals surface area contributed by atoms with Gasteiger partial charge in [-0.1, -0.05) is 28.1 Å². The summed E-state index contributed by atoms with van der Waals surface area (Å²) < 4.78 is 41.6. The summed E-state index contributed by atoms with van der Waals surface area (Å²) in [6, 6.07) is 12.8. The number of carbonyl (C=O) groups excluding carboxylic acids is 2. The number of esters is 2. The van der Waals surface area contributed by atoms with Crippen LogP contribution >= 0.6 is 15.9 Å². The summed E-state index contributed by atoms with van der Waals surface area (Å²) >= 11 is 2.94. The molecule has 2 aromatic carbocycles. The van der Waals surface area contributed by atoms with Gasteiger partial charge in [0.15, 0.2) is 12.6 Å². The van der Waals surface area contributed by atoms with E-state index in [9.17, 15) is 9.59 Å². The SMILES string of the molecule is CCOC(=O)CBr.CCOC(=O)Cc1c(OC)cccc1OC(C)OCC.CCOC(C)Oc1cccc(OC)c1. The number of methoxy groups -OCH3 is 2. The number of carbonyl (C=O) groups is 2. The highest BCUT2D eigenvalue weighted by Crippen LogP contribution is 2.30. The van der Waals surface area contributed by atoms with Crippen molar-refractivity contribution in [3.63, 3.8) is 0 Å². The van der Waals surface area contributed by atoms with E-state index in [0.29, 0.717) is 48.8 Å². The highest BCUT2D eigenvalue weighted by atomic mass is 79.9. The van der Waals surface area contributed by atoms with Crippen LogP contribution in [0.5, 0.6) is 23.0 Å². The lowest BCUT2D eigenvalue weighted by molar-refractivity contribution is -0.142. The molecule has 0 aliphatic carbocycles. The fourth-order valence-corrected chi connectivity index (χ4v) is 3.32. The number of ether oxygens (including phenoxy) is 8. The molecule has 0 saturated carbocycles. The van der Waals surface area contributed by atoms with Crippen LogP contribution in [0.4, 0.5) is 0 Å². The van der Waals surface area contributed by atoms with Crippen molar-refractivity contribution in [1.29, 1.82) is 0 Å². The van der Waals surface area contributed by atoms with Gasteiger partial charge in [-0.25, -0.2) is 0 Å². The third kappa shape index (κ3) is 17.4. The molecular formula is C30H45BrO10. The molecule has 0 heterocycles. The molecule has 2 atom stereocenters. The largest absolute Gasteiger partial charge is 0.497 e. The Morgan fingerprint density at radius 1 is 0.707 bits per heavy atom. The van der Waals surface area contributed by atoms with Crippen molar-refractivity contribution in [3.8, 4) is 23.0 Å². The fraction of sp³-hybridized carbons (Fsp3) is 0.533. The maximum absolute atomic E-state index is 11.7. The second kappa shape index (κ2) is 23.7. The molecule has 0 N–H and O–H groups in total. The molecule has 0 saturated heterocycles. The van der Waals surface area contributed by atoms with Gasteiger partial charge in [-0.3, -0.25) is 9.59 Å². The number of halogens is 1. The van der Waals surface area contributed by atoms with E-state index in [-0.39, 0.29) is 24.6 Å². The summed E-state index contributed by atoms with van der Waals surface area (Å²) in [7, 11) is 3.19. The first-order valence-corrected chi connectivity index (χ1v) is 14.5.